The molecule has 1 saturated heterocycles. The monoisotopic (exact) mass is 410 g/mol. The van der Waals surface area contributed by atoms with Crippen LogP contribution in [-0.2, 0) is 21.2 Å². The summed E-state index contributed by atoms with van der Waals surface area (Å²) in [6.07, 6.45) is 5.86. The van der Waals surface area contributed by atoms with Gasteiger partial charge in [-0.3, -0.25) is 9.78 Å². The van der Waals surface area contributed by atoms with E-state index in [1.54, 1.807) is 17.3 Å². The maximum atomic E-state index is 12.9. The molecule has 0 N–H and O–H groups in total. The third kappa shape index (κ3) is 4.63. The summed E-state index contributed by atoms with van der Waals surface area (Å²) in [4.78, 5) is 23.4. The average Bonchev–Trinajstić information content (AvgIpc) is 3.19. The fourth-order valence-electron chi connectivity index (χ4n) is 3.45. The van der Waals surface area contributed by atoms with Gasteiger partial charge in [0.25, 0.3) is 0 Å². The summed E-state index contributed by atoms with van der Waals surface area (Å²) in [5, 5.41) is 0.795. The van der Waals surface area contributed by atoms with Crippen LogP contribution in [0.3, 0.4) is 0 Å². The summed E-state index contributed by atoms with van der Waals surface area (Å²) in [5.41, 5.74) is 1.83. The number of carbonyl (C=O) groups is 1. The first-order chi connectivity index (χ1) is 12.9. The van der Waals surface area contributed by atoms with E-state index < -0.39 is 9.84 Å². The van der Waals surface area contributed by atoms with E-state index in [1.807, 2.05) is 13.0 Å². The number of aryl methyl sites for hydroxylation is 1. The number of imidazole rings is 1. The number of carbonyl (C=O) groups excluding carboxylic acids is 1. The Morgan fingerprint density at radius 2 is 2.22 bits per heavy atom. The number of rotatable bonds is 8. The van der Waals surface area contributed by atoms with Crippen LogP contribution in [0.25, 0.3) is 11.0 Å². The Morgan fingerprint density at radius 1 is 1.41 bits per heavy atom. The average molecular weight is 411 g/mol. The minimum atomic E-state index is -3.02. The molecule has 7 nitrogen and oxygen atoms in total. The van der Waals surface area contributed by atoms with Crippen LogP contribution in [0.4, 0.5) is 0 Å². The summed E-state index contributed by atoms with van der Waals surface area (Å²) < 4.78 is 25.8. The molecule has 1 aliphatic heterocycles. The first-order valence-corrected chi connectivity index (χ1v) is 12.2. The van der Waals surface area contributed by atoms with Gasteiger partial charge in [-0.05, 0) is 25.8 Å². The molecule has 0 radical (unpaired) electrons. The van der Waals surface area contributed by atoms with E-state index in [2.05, 4.69) is 21.5 Å². The molecule has 0 bridgehead atoms. The predicted octanol–water partition coefficient (Wildman–Crippen LogP) is 2.36. The number of sulfone groups is 1. The molecule has 0 aromatic carbocycles. The Morgan fingerprint density at radius 3 is 2.89 bits per heavy atom. The van der Waals surface area contributed by atoms with Crippen molar-refractivity contribution < 1.29 is 13.2 Å². The second kappa shape index (κ2) is 8.60. The van der Waals surface area contributed by atoms with E-state index in [4.69, 9.17) is 0 Å². The molecule has 1 fully saturated rings. The maximum Gasteiger partial charge on any atom is 0.233 e. The Labute approximate surface area is 164 Å². The number of hydrogen-bond donors (Lipinski definition) is 0. The number of pyridine rings is 1. The fourth-order valence-corrected chi connectivity index (χ4v) is 6.14. The Kier molecular flexibility index (Phi) is 6.41. The van der Waals surface area contributed by atoms with Crippen LogP contribution >= 0.6 is 11.8 Å². The van der Waals surface area contributed by atoms with Crippen molar-refractivity contribution in [3.63, 3.8) is 0 Å². The molecule has 1 atom stereocenters. The van der Waals surface area contributed by atoms with Crippen molar-refractivity contribution in [2.45, 2.75) is 50.9 Å². The second-order valence-electron chi connectivity index (χ2n) is 6.79. The maximum absolute atomic E-state index is 12.9. The molecule has 2 aromatic rings. The molecule has 0 spiro atoms. The zero-order valence-electron chi connectivity index (χ0n) is 15.8. The summed E-state index contributed by atoms with van der Waals surface area (Å²) in [6, 6.07) is 1.73. The van der Waals surface area contributed by atoms with E-state index >= 15 is 0 Å². The van der Waals surface area contributed by atoms with Crippen LogP contribution in [-0.4, -0.2) is 63.6 Å². The topological polar surface area (TPSA) is 85.2 Å². The highest BCUT2D eigenvalue weighted by Crippen LogP contribution is 2.25. The lowest BCUT2D eigenvalue weighted by Gasteiger charge is -2.28. The zero-order valence-corrected chi connectivity index (χ0v) is 17.4. The zero-order chi connectivity index (χ0) is 19.4. The van der Waals surface area contributed by atoms with Crippen LogP contribution in [0.1, 0.15) is 33.1 Å². The van der Waals surface area contributed by atoms with Gasteiger partial charge in [-0.25, -0.2) is 13.4 Å². The minimum absolute atomic E-state index is 0.0108. The van der Waals surface area contributed by atoms with Gasteiger partial charge in [-0.1, -0.05) is 25.1 Å². The van der Waals surface area contributed by atoms with Gasteiger partial charge in [0.15, 0.2) is 15.0 Å². The van der Waals surface area contributed by atoms with Crippen LogP contribution in [0, 0.1) is 0 Å². The lowest BCUT2D eigenvalue weighted by molar-refractivity contribution is -0.130. The molecule has 1 aliphatic rings. The molecule has 0 aliphatic carbocycles. The molecule has 0 saturated carbocycles. The largest absolute Gasteiger partial charge is 0.338 e. The highest BCUT2D eigenvalue weighted by molar-refractivity contribution is 7.99. The quantitative estimate of drug-likeness (QED) is 0.621. The summed E-state index contributed by atoms with van der Waals surface area (Å²) >= 11 is 1.41. The van der Waals surface area contributed by atoms with Gasteiger partial charge in [0, 0.05) is 25.3 Å². The van der Waals surface area contributed by atoms with E-state index in [0.29, 0.717) is 13.0 Å². The first-order valence-electron chi connectivity index (χ1n) is 9.38. The molecule has 9 heteroatoms. The van der Waals surface area contributed by atoms with Gasteiger partial charge >= 0.3 is 0 Å². The van der Waals surface area contributed by atoms with Crippen molar-refractivity contribution in [2.24, 2.45) is 0 Å². The molecule has 148 valence electrons. The van der Waals surface area contributed by atoms with Crippen molar-refractivity contribution >= 4 is 38.5 Å². The Bertz CT molecular complexity index is 910. The molecule has 3 rings (SSSR count). The number of aromatic nitrogens is 3. The molecule has 1 amide bonds. The molecular weight excluding hydrogens is 384 g/mol. The third-order valence-electron chi connectivity index (χ3n) is 4.88. The smallest absolute Gasteiger partial charge is 0.233 e. The van der Waals surface area contributed by atoms with Crippen molar-refractivity contribution in [1.29, 1.82) is 0 Å². The summed E-state index contributed by atoms with van der Waals surface area (Å²) in [6.45, 7) is 5.49. The minimum Gasteiger partial charge on any atom is -0.338 e. The van der Waals surface area contributed by atoms with Crippen molar-refractivity contribution in [1.82, 2.24) is 19.4 Å². The molecule has 27 heavy (non-hydrogen) atoms. The Balaban J connectivity index is 1.72. The van der Waals surface area contributed by atoms with E-state index in [9.17, 15) is 13.2 Å². The van der Waals surface area contributed by atoms with Gasteiger partial charge in [0.1, 0.15) is 5.52 Å². The highest BCUT2D eigenvalue weighted by atomic mass is 32.2. The SMILES string of the molecule is CCCCN(C(=O)CSc1nc2cnccc2n1CC)[C@H]1CCS(=O)(=O)C1. The van der Waals surface area contributed by atoms with Gasteiger partial charge < -0.3 is 9.47 Å². The normalized spacial score (nSPS) is 18.8. The standard InChI is InChI=1S/C18H26N4O3S2/c1-3-5-9-22(14-7-10-27(24,25)13-14)17(23)12-26-18-20-15-11-19-8-6-16(15)21(18)4-2/h6,8,11,14H,3-5,7,9-10,12-13H2,1-2H3/t14-/m0/s1. The number of nitrogens with zero attached hydrogens (tertiary/aromatic N) is 4. The fraction of sp³-hybridized carbons (Fsp3) is 0.611. The summed E-state index contributed by atoms with van der Waals surface area (Å²) in [5.74, 6) is 0.520. The van der Waals surface area contributed by atoms with Gasteiger partial charge in [0.05, 0.1) is 29.0 Å². The predicted molar refractivity (Wildman–Crippen MR) is 108 cm³/mol. The van der Waals surface area contributed by atoms with Crippen LogP contribution in [0.2, 0.25) is 0 Å². The van der Waals surface area contributed by atoms with E-state index in [-0.39, 0.29) is 29.2 Å². The molecule has 2 aromatic heterocycles. The van der Waals surface area contributed by atoms with Crippen molar-refractivity contribution in [2.75, 3.05) is 23.8 Å². The number of hydrogen-bond acceptors (Lipinski definition) is 6. The lowest BCUT2D eigenvalue weighted by atomic mass is 10.2. The lowest BCUT2D eigenvalue weighted by Crippen LogP contribution is -2.42. The van der Waals surface area contributed by atoms with Crippen LogP contribution < -0.4 is 0 Å². The highest BCUT2D eigenvalue weighted by Gasteiger charge is 2.34. The van der Waals surface area contributed by atoms with Crippen molar-refractivity contribution in [3.8, 4) is 0 Å². The number of unbranched alkanes of at least 4 members (excludes halogenated alkanes) is 1. The third-order valence-corrected chi connectivity index (χ3v) is 7.59. The number of fused-ring (bicyclic) bond motifs is 1. The van der Waals surface area contributed by atoms with Crippen molar-refractivity contribution in [3.05, 3.63) is 18.5 Å². The van der Waals surface area contributed by atoms with Gasteiger partial charge in [-0.2, -0.15) is 0 Å². The number of thioether (sulfide) groups is 1. The van der Waals surface area contributed by atoms with Crippen LogP contribution in [0.15, 0.2) is 23.6 Å². The van der Waals surface area contributed by atoms with Gasteiger partial charge in [-0.15, -0.1) is 0 Å². The summed E-state index contributed by atoms with van der Waals surface area (Å²) in [7, 11) is -3.02. The second-order valence-corrected chi connectivity index (χ2v) is 9.96. The Hall–Kier alpha value is -1.61. The van der Waals surface area contributed by atoms with E-state index in [0.717, 1.165) is 35.6 Å². The van der Waals surface area contributed by atoms with E-state index in [1.165, 1.54) is 11.8 Å². The first kappa shape index (κ1) is 20.1. The number of amides is 1. The molecule has 0 unspecified atom stereocenters. The molecule has 3 heterocycles. The molecular formula is C18H26N4O3S2. The van der Waals surface area contributed by atoms with Crippen LogP contribution in [0.5, 0.6) is 0 Å². The van der Waals surface area contributed by atoms with Gasteiger partial charge in [0.2, 0.25) is 5.91 Å².